The zero-order chi connectivity index (χ0) is 21.1. The van der Waals surface area contributed by atoms with Crippen LogP contribution in [0.5, 0.6) is 0 Å². The van der Waals surface area contributed by atoms with Crippen molar-refractivity contribution in [2.45, 2.75) is 12.5 Å². The molecule has 2 heterocycles. The van der Waals surface area contributed by atoms with Crippen LogP contribution >= 0.6 is 0 Å². The summed E-state index contributed by atoms with van der Waals surface area (Å²) < 4.78 is 16.8. The molecule has 7 nitrogen and oxygen atoms in total. The highest BCUT2D eigenvalue weighted by Gasteiger charge is 2.26. The van der Waals surface area contributed by atoms with Crippen molar-refractivity contribution < 1.29 is 4.39 Å². The van der Waals surface area contributed by atoms with E-state index in [4.69, 9.17) is 10.1 Å². The third-order valence-electron chi connectivity index (χ3n) is 5.46. The van der Waals surface area contributed by atoms with Crippen LogP contribution in [0.1, 0.15) is 11.7 Å². The smallest absolute Gasteiger partial charge is 0.184 e. The molecule has 0 spiro atoms. The fourth-order valence-corrected chi connectivity index (χ4v) is 3.69. The van der Waals surface area contributed by atoms with Gasteiger partial charge in [-0.05, 0) is 46.4 Å². The van der Waals surface area contributed by atoms with Gasteiger partial charge in [-0.15, -0.1) is 0 Å². The minimum Gasteiger partial charge on any atom is -0.378 e. The maximum absolute atomic E-state index is 14.8. The molecule has 3 rings (SSSR count). The molecule has 0 amide bonds. The summed E-state index contributed by atoms with van der Waals surface area (Å²) in [5, 5.41) is 4.73. The molecular formula is C21H34FN7. The lowest BCUT2D eigenvalue weighted by molar-refractivity contribution is 0.320. The number of rotatable bonds is 6. The summed E-state index contributed by atoms with van der Waals surface area (Å²) in [5.74, 6) is 1.36. The molecule has 0 atom stereocenters. The molecule has 1 aliphatic rings. The van der Waals surface area contributed by atoms with Gasteiger partial charge in [0.05, 0.1) is 12.1 Å². The predicted molar refractivity (Wildman–Crippen MR) is 116 cm³/mol. The Labute approximate surface area is 173 Å². The average Bonchev–Trinajstić information content (AvgIpc) is 3.00. The SMILES string of the molecule is CN(C)CCn1nc(-c2ccc(N(C)C)cc2F)nc1C1CN(C)CCN(C)C1. The van der Waals surface area contributed by atoms with Crippen molar-refractivity contribution in [2.24, 2.45) is 0 Å². The normalized spacial score (nSPS) is 17.1. The van der Waals surface area contributed by atoms with E-state index < -0.39 is 0 Å². The van der Waals surface area contributed by atoms with Crippen LogP contribution in [0.3, 0.4) is 0 Å². The molecule has 8 heteroatoms. The predicted octanol–water partition coefficient (Wildman–Crippen LogP) is 1.67. The van der Waals surface area contributed by atoms with Crippen molar-refractivity contribution in [1.29, 1.82) is 0 Å². The van der Waals surface area contributed by atoms with E-state index in [1.165, 1.54) is 0 Å². The number of halogens is 1. The Morgan fingerprint density at radius 3 is 2.28 bits per heavy atom. The first-order chi connectivity index (χ1) is 13.7. The first-order valence-electron chi connectivity index (χ1n) is 10.2. The number of anilines is 1. The van der Waals surface area contributed by atoms with E-state index >= 15 is 0 Å². The van der Waals surface area contributed by atoms with Gasteiger partial charge in [0.15, 0.2) is 5.82 Å². The van der Waals surface area contributed by atoms with Crippen LogP contribution in [0.2, 0.25) is 0 Å². The van der Waals surface area contributed by atoms with E-state index in [0.717, 1.165) is 50.8 Å². The van der Waals surface area contributed by atoms with E-state index in [-0.39, 0.29) is 11.7 Å². The Morgan fingerprint density at radius 2 is 1.72 bits per heavy atom. The third-order valence-corrected chi connectivity index (χ3v) is 5.46. The van der Waals surface area contributed by atoms with Crippen molar-refractivity contribution >= 4 is 5.69 Å². The second-order valence-electron chi connectivity index (χ2n) is 8.60. The zero-order valence-corrected chi connectivity index (χ0v) is 18.6. The summed E-state index contributed by atoms with van der Waals surface area (Å²) in [7, 11) is 12.2. The van der Waals surface area contributed by atoms with Crippen LogP contribution < -0.4 is 4.90 Å². The standard InChI is InChI=1S/C21H34FN7/c1-25(2)9-12-29-21(16-14-27(5)10-11-28(6)15-16)23-20(24-29)18-8-7-17(26(3)4)13-19(18)22/h7-8,13,16H,9-12,14-15H2,1-6H3. The lowest BCUT2D eigenvalue weighted by Crippen LogP contribution is -2.28. The second-order valence-corrected chi connectivity index (χ2v) is 8.60. The number of benzene rings is 1. The van der Waals surface area contributed by atoms with Gasteiger partial charge in [-0.3, -0.25) is 0 Å². The van der Waals surface area contributed by atoms with E-state index in [1.54, 1.807) is 12.1 Å². The van der Waals surface area contributed by atoms with Crippen molar-refractivity contribution in [1.82, 2.24) is 29.5 Å². The highest BCUT2D eigenvalue weighted by atomic mass is 19.1. The quantitative estimate of drug-likeness (QED) is 0.731. The van der Waals surface area contributed by atoms with Crippen LogP contribution in [-0.4, -0.2) is 104 Å². The van der Waals surface area contributed by atoms with Gasteiger partial charge < -0.3 is 19.6 Å². The van der Waals surface area contributed by atoms with Crippen molar-refractivity contribution in [3.63, 3.8) is 0 Å². The topological polar surface area (TPSA) is 43.7 Å². The highest BCUT2D eigenvalue weighted by molar-refractivity contribution is 5.61. The molecule has 1 aliphatic heterocycles. The van der Waals surface area contributed by atoms with Gasteiger partial charge in [-0.1, -0.05) is 0 Å². The Balaban J connectivity index is 1.98. The first-order valence-corrected chi connectivity index (χ1v) is 10.2. The second kappa shape index (κ2) is 9.19. The van der Waals surface area contributed by atoms with Crippen LogP contribution in [0.25, 0.3) is 11.4 Å². The number of likely N-dealkylation sites (N-methyl/N-ethyl adjacent to an activating group) is 3. The van der Waals surface area contributed by atoms with Crippen LogP contribution in [0.4, 0.5) is 10.1 Å². The number of hydrogen-bond acceptors (Lipinski definition) is 6. The van der Waals surface area contributed by atoms with E-state index in [2.05, 4.69) is 28.8 Å². The highest BCUT2D eigenvalue weighted by Crippen LogP contribution is 2.27. The summed E-state index contributed by atoms with van der Waals surface area (Å²) >= 11 is 0. The van der Waals surface area contributed by atoms with Gasteiger partial charge in [0.1, 0.15) is 11.6 Å². The Hall–Kier alpha value is -2.03. The molecule has 1 saturated heterocycles. The van der Waals surface area contributed by atoms with E-state index in [9.17, 15) is 4.39 Å². The summed E-state index contributed by atoms with van der Waals surface area (Å²) in [5.41, 5.74) is 1.28. The lowest BCUT2D eigenvalue weighted by Gasteiger charge is -2.21. The average molecular weight is 404 g/mol. The molecule has 1 aromatic carbocycles. The van der Waals surface area contributed by atoms with Crippen molar-refractivity contribution in [2.75, 3.05) is 79.9 Å². The Kier molecular flexibility index (Phi) is 6.87. The lowest BCUT2D eigenvalue weighted by atomic mass is 10.1. The maximum Gasteiger partial charge on any atom is 0.184 e. The minimum atomic E-state index is -0.289. The van der Waals surface area contributed by atoms with Gasteiger partial charge in [0, 0.05) is 58.4 Å². The molecule has 29 heavy (non-hydrogen) atoms. The van der Waals surface area contributed by atoms with Gasteiger partial charge >= 0.3 is 0 Å². The third kappa shape index (κ3) is 5.32. The van der Waals surface area contributed by atoms with Crippen LogP contribution in [-0.2, 0) is 6.54 Å². The van der Waals surface area contributed by atoms with Crippen molar-refractivity contribution in [3.05, 3.63) is 29.8 Å². The molecule has 0 unspecified atom stereocenters. The summed E-state index contributed by atoms with van der Waals surface area (Å²) in [4.78, 5) is 13.5. The molecule has 0 saturated carbocycles. The summed E-state index contributed by atoms with van der Waals surface area (Å²) in [6.45, 7) is 5.50. The molecule has 0 N–H and O–H groups in total. The fourth-order valence-electron chi connectivity index (χ4n) is 3.69. The molecule has 1 fully saturated rings. The number of aromatic nitrogens is 3. The first kappa shape index (κ1) is 21.7. The number of nitrogens with zero attached hydrogens (tertiary/aromatic N) is 7. The summed E-state index contributed by atoms with van der Waals surface area (Å²) in [6.07, 6.45) is 0. The van der Waals surface area contributed by atoms with Gasteiger partial charge in [0.25, 0.3) is 0 Å². The zero-order valence-electron chi connectivity index (χ0n) is 18.6. The molecule has 2 aromatic rings. The molecule has 0 aliphatic carbocycles. The largest absolute Gasteiger partial charge is 0.378 e. The monoisotopic (exact) mass is 403 g/mol. The van der Waals surface area contributed by atoms with Crippen LogP contribution in [0.15, 0.2) is 18.2 Å². The van der Waals surface area contributed by atoms with Crippen molar-refractivity contribution in [3.8, 4) is 11.4 Å². The Bertz CT molecular complexity index is 805. The minimum absolute atomic E-state index is 0.236. The van der Waals surface area contributed by atoms with E-state index in [0.29, 0.717) is 11.4 Å². The Morgan fingerprint density at radius 1 is 1.07 bits per heavy atom. The van der Waals surface area contributed by atoms with E-state index in [1.807, 2.05) is 43.8 Å². The molecular weight excluding hydrogens is 369 g/mol. The van der Waals surface area contributed by atoms with Gasteiger partial charge in [-0.2, -0.15) is 5.10 Å². The molecule has 160 valence electrons. The fraction of sp³-hybridized carbons (Fsp3) is 0.619. The summed E-state index contributed by atoms with van der Waals surface area (Å²) in [6, 6.07) is 5.24. The molecule has 1 aromatic heterocycles. The molecule has 0 radical (unpaired) electrons. The van der Waals surface area contributed by atoms with Gasteiger partial charge in [-0.25, -0.2) is 14.1 Å². The van der Waals surface area contributed by atoms with Gasteiger partial charge in [0.2, 0.25) is 0 Å². The number of hydrogen-bond donors (Lipinski definition) is 0. The van der Waals surface area contributed by atoms with Crippen LogP contribution in [0, 0.1) is 5.82 Å². The molecule has 0 bridgehead atoms. The maximum atomic E-state index is 14.8.